The topological polar surface area (TPSA) is 75.1 Å². The van der Waals surface area contributed by atoms with Crippen LogP contribution in [0.5, 0.6) is 11.5 Å². The van der Waals surface area contributed by atoms with Gasteiger partial charge in [-0.25, -0.2) is 0 Å². The third-order valence-electron chi connectivity index (χ3n) is 2.98. The number of aryl methyl sites for hydroxylation is 1. The summed E-state index contributed by atoms with van der Waals surface area (Å²) in [5, 5.41) is 9.20. The molecule has 2 rings (SSSR count). The van der Waals surface area contributed by atoms with E-state index < -0.39 is 5.56 Å². The van der Waals surface area contributed by atoms with Gasteiger partial charge in [0.1, 0.15) is 23.1 Å². The van der Waals surface area contributed by atoms with Crippen LogP contribution >= 0.6 is 0 Å². The average Bonchev–Trinajstić information content (AvgIpc) is 2.45. The summed E-state index contributed by atoms with van der Waals surface area (Å²) < 4.78 is 10.5. The van der Waals surface area contributed by atoms with Crippen LogP contribution in [-0.4, -0.2) is 19.2 Å². The van der Waals surface area contributed by atoms with Gasteiger partial charge in [-0.1, -0.05) is 0 Å². The lowest BCUT2D eigenvalue weighted by molar-refractivity contribution is 0.404. The minimum atomic E-state index is -0.410. The Morgan fingerprint density at radius 2 is 1.90 bits per heavy atom. The van der Waals surface area contributed by atoms with Gasteiger partial charge in [0.15, 0.2) is 0 Å². The van der Waals surface area contributed by atoms with Crippen molar-refractivity contribution in [2.45, 2.75) is 6.92 Å². The van der Waals surface area contributed by atoms with Crippen molar-refractivity contribution in [3.05, 3.63) is 45.9 Å². The number of H-pyrrole nitrogens is 1. The molecule has 0 aliphatic rings. The van der Waals surface area contributed by atoms with E-state index in [2.05, 4.69) is 4.98 Å². The highest BCUT2D eigenvalue weighted by Crippen LogP contribution is 2.34. The molecule has 0 saturated carbocycles. The first-order valence-corrected chi connectivity index (χ1v) is 5.97. The number of methoxy groups -OCH3 is 2. The highest BCUT2D eigenvalue weighted by molar-refractivity contribution is 5.76. The van der Waals surface area contributed by atoms with Gasteiger partial charge in [0, 0.05) is 16.8 Å². The van der Waals surface area contributed by atoms with Gasteiger partial charge in [0.25, 0.3) is 5.56 Å². The van der Waals surface area contributed by atoms with Crippen molar-refractivity contribution < 1.29 is 9.47 Å². The minimum absolute atomic E-state index is 0.0575. The average molecular weight is 270 g/mol. The highest BCUT2D eigenvalue weighted by atomic mass is 16.5. The smallest absolute Gasteiger partial charge is 0.266 e. The maximum Gasteiger partial charge on any atom is 0.266 e. The summed E-state index contributed by atoms with van der Waals surface area (Å²) in [7, 11) is 3.09. The van der Waals surface area contributed by atoms with Gasteiger partial charge in [0.05, 0.1) is 14.2 Å². The molecule has 0 atom stereocenters. The van der Waals surface area contributed by atoms with Gasteiger partial charge in [-0.2, -0.15) is 5.26 Å². The number of nitriles is 1. The van der Waals surface area contributed by atoms with Gasteiger partial charge < -0.3 is 14.5 Å². The van der Waals surface area contributed by atoms with Gasteiger partial charge in [0.2, 0.25) is 0 Å². The zero-order valence-corrected chi connectivity index (χ0v) is 11.5. The molecule has 5 nitrogen and oxygen atoms in total. The minimum Gasteiger partial charge on any atom is -0.497 e. The second-order valence-corrected chi connectivity index (χ2v) is 4.25. The number of nitrogens with zero attached hydrogens (tertiary/aromatic N) is 1. The number of hydrogen-bond acceptors (Lipinski definition) is 4. The number of ether oxygens (including phenoxy) is 2. The molecule has 0 aliphatic carbocycles. The standard InChI is InChI=1S/C15H14N2O3/c1-9-6-11(13(8-16)15(18)17-9)12-7-10(19-2)4-5-14(12)20-3/h4-7H,1-3H3,(H,17,18). The molecule has 2 aromatic rings. The first-order chi connectivity index (χ1) is 9.60. The van der Waals surface area contributed by atoms with Crippen LogP contribution in [0.15, 0.2) is 29.1 Å². The van der Waals surface area contributed by atoms with Crippen molar-refractivity contribution >= 4 is 0 Å². The van der Waals surface area contributed by atoms with Gasteiger partial charge >= 0.3 is 0 Å². The van der Waals surface area contributed by atoms with E-state index in [4.69, 9.17) is 9.47 Å². The molecule has 1 N–H and O–H groups in total. The van der Waals surface area contributed by atoms with Crippen LogP contribution in [-0.2, 0) is 0 Å². The van der Waals surface area contributed by atoms with Crippen LogP contribution < -0.4 is 15.0 Å². The molecule has 0 saturated heterocycles. The molecule has 0 aliphatic heterocycles. The molecule has 1 aromatic heterocycles. The Kier molecular flexibility index (Phi) is 3.76. The van der Waals surface area contributed by atoms with Crippen molar-refractivity contribution in [2.24, 2.45) is 0 Å². The Morgan fingerprint density at radius 3 is 2.50 bits per heavy atom. The van der Waals surface area contributed by atoms with Crippen LogP contribution in [0.1, 0.15) is 11.3 Å². The van der Waals surface area contributed by atoms with Crippen molar-refractivity contribution in [3.8, 4) is 28.7 Å². The Labute approximate surface area is 116 Å². The first kappa shape index (κ1) is 13.7. The molecule has 1 heterocycles. The van der Waals surface area contributed by atoms with Crippen LogP contribution in [0.25, 0.3) is 11.1 Å². The molecule has 0 fully saturated rings. The van der Waals surface area contributed by atoms with Crippen LogP contribution in [0.3, 0.4) is 0 Å². The molecule has 0 spiro atoms. The van der Waals surface area contributed by atoms with E-state index in [1.54, 1.807) is 38.3 Å². The molecule has 102 valence electrons. The van der Waals surface area contributed by atoms with E-state index in [1.807, 2.05) is 6.07 Å². The normalized spacial score (nSPS) is 9.90. The first-order valence-electron chi connectivity index (χ1n) is 5.97. The molecule has 0 unspecified atom stereocenters. The third-order valence-corrected chi connectivity index (χ3v) is 2.98. The SMILES string of the molecule is COc1ccc(OC)c(-c2cc(C)[nH]c(=O)c2C#N)c1. The molecule has 20 heavy (non-hydrogen) atoms. The predicted molar refractivity (Wildman–Crippen MR) is 75.1 cm³/mol. The monoisotopic (exact) mass is 270 g/mol. The Hall–Kier alpha value is -2.74. The van der Waals surface area contributed by atoms with Crippen LogP contribution in [0, 0.1) is 18.3 Å². The number of hydrogen-bond donors (Lipinski definition) is 1. The summed E-state index contributed by atoms with van der Waals surface area (Å²) in [6.07, 6.45) is 0. The molecule has 5 heteroatoms. The van der Waals surface area contributed by atoms with Gasteiger partial charge in [-0.3, -0.25) is 4.79 Å². The fourth-order valence-corrected chi connectivity index (χ4v) is 2.04. The molecule has 0 bridgehead atoms. The summed E-state index contributed by atoms with van der Waals surface area (Å²) in [6, 6.07) is 8.93. The lowest BCUT2D eigenvalue weighted by Gasteiger charge is -2.12. The second kappa shape index (κ2) is 5.49. The number of aromatic amines is 1. The van der Waals surface area contributed by atoms with Crippen molar-refractivity contribution in [2.75, 3.05) is 14.2 Å². The summed E-state index contributed by atoms with van der Waals surface area (Å²) in [6.45, 7) is 1.76. The van der Waals surface area contributed by atoms with Gasteiger partial charge in [-0.15, -0.1) is 0 Å². The number of benzene rings is 1. The van der Waals surface area contributed by atoms with Crippen LogP contribution in [0.4, 0.5) is 0 Å². The van der Waals surface area contributed by atoms with E-state index in [1.165, 1.54) is 7.11 Å². The second-order valence-electron chi connectivity index (χ2n) is 4.25. The summed E-state index contributed by atoms with van der Waals surface area (Å²) in [4.78, 5) is 14.5. The van der Waals surface area contributed by atoms with E-state index in [-0.39, 0.29) is 5.56 Å². The van der Waals surface area contributed by atoms with Crippen LogP contribution in [0.2, 0.25) is 0 Å². The highest BCUT2D eigenvalue weighted by Gasteiger charge is 2.15. The molecule has 1 aromatic carbocycles. The molecule has 0 radical (unpaired) electrons. The van der Waals surface area contributed by atoms with E-state index >= 15 is 0 Å². The van der Waals surface area contributed by atoms with Crippen molar-refractivity contribution in [3.63, 3.8) is 0 Å². The summed E-state index contributed by atoms with van der Waals surface area (Å²) in [5.74, 6) is 1.20. The number of rotatable bonds is 3. The lowest BCUT2D eigenvalue weighted by Crippen LogP contribution is -2.13. The van der Waals surface area contributed by atoms with E-state index in [9.17, 15) is 10.1 Å². The fourth-order valence-electron chi connectivity index (χ4n) is 2.04. The summed E-state index contributed by atoms with van der Waals surface area (Å²) in [5.41, 5.74) is 1.51. The Balaban J connectivity index is 2.80. The molecule has 0 amide bonds. The Bertz CT molecular complexity index is 742. The number of nitrogens with one attached hydrogen (secondary N) is 1. The van der Waals surface area contributed by atoms with Crippen molar-refractivity contribution in [1.29, 1.82) is 5.26 Å². The lowest BCUT2D eigenvalue weighted by atomic mass is 10.00. The van der Waals surface area contributed by atoms with E-state index in [0.717, 1.165) is 0 Å². The maximum absolute atomic E-state index is 11.9. The zero-order chi connectivity index (χ0) is 14.7. The predicted octanol–water partition coefficient (Wildman–Crippen LogP) is 2.24. The fraction of sp³-hybridized carbons (Fsp3) is 0.200. The molecular weight excluding hydrogens is 256 g/mol. The quantitative estimate of drug-likeness (QED) is 0.928. The van der Waals surface area contributed by atoms with Crippen molar-refractivity contribution in [1.82, 2.24) is 4.98 Å². The number of aromatic nitrogens is 1. The maximum atomic E-state index is 11.9. The summed E-state index contributed by atoms with van der Waals surface area (Å²) >= 11 is 0. The Morgan fingerprint density at radius 1 is 1.15 bits per heavy atom. The van der Waals surface area contributed by atoms with Gasteiger partial charge in [-0.05, 0) is 31.2 Å². The largest absolute Gasteiger partial charge is 0.497 e. The zero-order valence-electron chi connectivity index (χ0n) is 11.5. The van der Waals surface area contributed by atoms with E-state index in [0.29, 0.717) is 28.3 Å². The molecular formula is C15H14N2O3. The third kappa shape index (κ3) is 2.36. The number of pyridine rings is 1.